The summed E-state index contributed by atoms with van der Waals surface area (Å²) in [5.41, 5.74) is 3.77. The maximum Gasteiger partial charge on any atom is 0.0481 e. The largest absolute Gasteiger partial charge is 0.380 e. The smallest absolute Gasteiger partial charge is 0.0481 e. The average Bonchev–Trinajstić information content (AvgIpc) is 2.42. The van der Waals surface area contributed by atoms with Crippen LogP contribution in [0.25, 0.3) is 0 Å². The third-order valence-corrected chi connectivity index (χ3v) is 4.72. The van der Waals surface area contributed by atoms with Crippen LogP contribution in [0.1, 0.15) is 18.1 Å². The first-order chi connectivity index (χ1) is 9.20. The van der Waals surface area contributed by atoms with Gasteiger partial charge in [-0.3, -0.25) is 0 Å². The number of anilines is 1. The maximum atomic E-state index is 3.58. The molecule has 0 aromatic heterocycles. The van der Waals surface area contributed by atoms with Crippen LogP contribution in [0.3, 0.4) is 0 Å². The Morgan fingerprint density at radius 2 is 1.95 bits per heavy atom. The van der Waals surface area contributed by atoms with Crippen LogP contribution in [0.4, 0.5) is 5.69 Å². The molecule has 2 rings (SSSR count). The van der Waals surface area contributed by atoms with Crippen LogP contribution in [0.2, 0.25) is 0 Å². The van der Waals surface area contributed by atoms with Crippen molar-refractivity contribution >= 4 is 33.4 Å². The predicted molar refractivity (Wildman–Crippen MR) is 89.0 cm³/mol. The van der Waals surface area contributed by atoms with Crippen LogP contribution in [0.5, 0.6) is 0 Å². The summed E-state index contributed by atoms with van der Waals surface area (Å²) >= 11 is 5.45. The SMILES string of the molecule is CCSc1ccccc1NCc1ccc(C)c(Br)c1. The van der Waals surface area contributed by atoms with Gasteiger partial charge in [0.1, 0.15) is 0 Å². The van der Waals surface area contributed by atoms with Gasteiger partial charge in [0.2, 0.25) is 0 Å². The highest BCUT2D eigenvalue weighted by Gasteiger charge is 2.02. The summed E-state index contributed by atoms with van der Waals surface area (Å²) < 4.78 is 1.17. The molecule has 2 aromatic carbocycles. The second-order valence-electron chi connectivity index (χ2n) is 4.37. The molecule has 0 bridgehead atoms. The third-order valence-electron chi connectivity index (χ3n) is 2.91. The Hall–Kier alpha value is -0.930. The minimum atomic E-state index is 0.847. The summed E-state index contributed by atoms with van der Waals surface area (Å²) in [4.78, 5) is 1.32. The molecule has 0 spiro atoms. The van der Waals surface area contributed by atoms with E-state index in [9.17, 15) is 0 Å². The minimum Gasteiger partial charge on any atom is -0.380 e. The number of thioether (sulfide) groups is 1. The Labute approximate surface area is 127 Å². The van der Waals surface area contributed by atoms with Crippen molar-refractivity contribution in [3.8, 4) is 0 Å². The molecule has 0 aliphatic rings. The molecule has 0 aliphatic heterocycles. The van der Waals surface area contributed by atoms with Gasteiger partial charge in [0, 0.05) is 21.6 Å². The molecule has 2 aromatic rings. The highest BCUT2D eigenvalue weighted by Crippen LogP contribution is 2.27. The molecule has 1 nitrogen and oxygen atoms in total. The van der Waals surface area contributed by atoms with Gasteiger partial charge in [-0.1, -0.05) is 47.1 Å². The Morgan fingerprint density at radius 1 is 1.16 bits per heavy atom. The lowest BCUT2D eigenvalue weighted by atomic mass is 10.1. The standard InChI is InChI=1S/C16H18BrNS/c1-3-19-16-7-5-4-6-15(16)18-11-13-9-8-12(2)14(17)10-13/h4-10,18H,3,11H2,1-2H3. The van der Waals surface area contributed by atoms with E-state index in [-0.39, 0.29) is 0 Å². The molecule has 0 fully saturated rings. The van der Waals surface area contributed by atoms with E-state index in [1.165, 1.54) is 26.2 Å². The van der Waals surface area contributed by atoms with Gasteiger partial charge >= 0.3 is 0 Å². The molecule has 19 heavy (non-hydrogen) atoms. The number of halogens is 1. The van der Waals surface area contributed by atoms with Crippen LogP contribution in [0.15, 0.2) is 51.8 Å². The fourth-order valence-corrected chi connectivity index (χ4v) is 3.05. The van der Waals surface area contributed by atoms with E-state index >= 15 is 0 Å². The lowest BCUT2D eigenvalue weighted by Crippen LogP contribution is -2.00. The first-order valence-electron chi connectivity index (χ1n) is 6.41. The van der Waals surface area contributed by atoms with Gasteiger partial charge in [-0.25, -0.2) is 0 Å². The monoisotopic (exact) mass is 335 g/mol. The predicted octanol–water partition coefficient (Wildman–Crippen LogP) is 5.48. The van der Waals surface area contributed by atoms with Crippen LogP contribution >= 0.6 is 27.7 Å². The molecular formula is C16H18BrNS. The summed E-state index contributed by atoms with van der Waals surface area (Å²) in [6.45, 7) is 5.13. The average molecular weight is 336 g/mol. The molecule has 0 saturated carbocycles. The van der Waals surface area contributed by atoms with Gasteiger partial charge in [0.15, 0.2) is 0 Å². The molecule has 100 valence electrons. The molecule has 0 saturated heterocycles. The molecule has 0 heterocycles. The second kappa shape index (κ2) is 7.01. The summed E-state index contributed by atoms with van der Waals surface area (Å²) in [5.74, 6) is 1.09. The van der Waals surface area contributed by atoms with Crippen molar-refractivity contribution in [1.82, 2.24) is 0 Å². The Bertz CT molecular complexity index is 554. The van der Waals surface area contributed by atoms with Crippen molar-refractivity contribution in [2.24, 2.45) is 0 Å². The summed E-state index contributed by atoms with van der Waals surface area (Å²) in [6, 6.07) is 15.0. The van der Waals surface area contributed by atoms with Crippen molar-refractivity contribution in [3.63, 3.8) is 0 Å². The number of benzene rings is 2. The molecular weight excluding hydrogens is 318 g/mol. The quantitative estimate of drug-likeness (QED) is 0.726. The zero-order chi connectivity index (χ0) is 13.7. The summed E-state index contributed by atoms with van der Waals surface area (Å²) in [6.07, 6.45) is 0. The summed E-state index contributed by atoms with van der Waals surface area (Å²) in [7, 11) is 0. The molecule has 0 amide bonds. The van der Waals surface area contributed by atoms with E-state index in [0.717, 1.165) is 12.3 Å². The van der Waals surface area contributed by atoms with E-state index in [1.54, 1.807) is 0 Å². The first-order valence-corrected chi connectivity index (χ1v) is 8.19. The fourth-order valence-electron chi connectivity index (χ4n) is 1.84. The Balaban J connectivity index is 2.07. The van der Waals surface area contributed by atoms with Crippen LogP contribution in [-0.4, -0.2) is 5.75 Å². The van der Waals surface area contributed by atoms with Crippen molar-refractivity contribution in [1.29, 1.82) is 0 Å². The Kier molecular flexibility index (Phi) is 5.34. The van der Waals surface area contributed by atoms with Gasteiger partial charge in [0.25, 0.3) is 0 Å². The number of para-hydroxylation sites is 1. The van der Waals surface area contributed by atoms with Crippen molar-refractivity contribution in [2.75, 3.05) is 11.1 Å². The number of rotatable bonds is 5. The van der Waals surface area contributed by atoms with Crippen molar-refractivity contribution in [3.05, 3.63) is 58.1 Å². The van der Waals surface area contributed by atoms with Gasteiger partial charge in [-0.2, -0.15) is 0 Å². The number of hydrogen-bond acceptors (Lipinski definition) is 2. The lowest BCUT2D eigenvalue weighted by molar-refractivity contribution is 1.12. The van der Waals surface area contributed by atoms with Gasteiger partial charge in [-0.15, -0.1) is 11.8 Å². The molecule has 0 aliphatic carbocycles. The molecule has 0 radical (unpaired) electrons. The maximum absolute atomic E-state index is 3.58. The minimum absolute atomic E-state index is 0.847. The number of aryl methyl sites for hydroxylation is 1. The Morgan fingerprint density at radius 3 is 2.68 bits per heavy atom. The van der Waals surface area contributed by atoms with Gasteiger partial charge in [0.05, 0.1) is 0 Å². The van der Waals surface area contributed by atoms with E-state index in [2.05, 4.69) is 77.6 Å². The zero-order valence-electron chi connectivity index (χ0n) is 11.2. The molecule has 0 unspecified atom stereocenters. The number of hydrogen-bond donors (Lipinski definition) is 1. The molecule has 3 heteroatoms. The van der Waals surface area contributed by atoms with Crippen LogP contribution in [-0.2, 0) is 6.54 Å². The normalized spacial score (nSPS) is 10.5. The first kappa shape index (κ1) is 14.5. The zero-order valence-corrected chi connectivity index (χ0v) is 13.6. The van der Waals surface area contributed by atoms with Gasteiger partial charge in [-0.05, 0) is 42.0 Å². The molecule has 1 N–H and O–H groups in total. The topological polar surface area (TPSA) is 12.0 Å². The summed E-state index contributed by atoms with van der Waals surface area (Å²) in [5, 5.41) is 3.52. The van der Waals surface area contributed by atoms with Gasteiger partial charge < -0.3 is 5.32 Å². The lowest BCUT2D eigenvalue weighted by Gasteiger charge is -2.11. The van der Waals surface area contributed by atoms with E-state index in [4.69, 9.17) is 0 Å². The fraction of sp³-hybridized carbons (Fsp3) is 0.250. The van der Waals surface area contributed by atoms with Crippen LogP contribution < -0.4 is 5.32 Å². The van der Waals surface area contributed by atoms with Crippen molar-refractivity contribution in [2.45, 2.75) is 25.3 Å². The number of nitrogens with one attached hydrogen (secondary N) is 1. The van der Waals surface area contributed by atoms with E-state index in [1.807, 2.05) is 11.8 Å². The van der Waals surface area contributed by atoms with E-state index < -0.39 is 0 Å². The third kappa shape index (κ3) is 4.02. The second-order valence-corrected chi connectivity index (χ2v) is 6.53. The molecule has 0 atom stereocenters. The highest BCUT2D eigenvalue weighted by atomic mass is 79.9. The van der Waals surface area contributed by atoms with Crippen LogP contribution in [0, 0.1) is 6.92 Å². The van der Waals surface area contributed by atoms with E-state index in [0.29, 0.717) is 0 Å². The highest BCUT2D eigenvalue weighted by molar-refractivity contribution is 9.10. The van der Waals surface area contributed by atoms with Crippen molar-refractivity contribution < 1.29 is 0 Å².